The Balaban J connectivity index is 1.96. The minimum atomic E-state index is -0.489. The molecule has 118 valence electrons. The zero-order chi connectivity index (χ0) is 16.4. The van der Waals surface area contributed by atoms with Gasteiger partial charge >= 0.3 is 0 Å². The third-order valence-corrected chi connectivity index (χ3v) is 3.70. The number of aryl methyl sites for hydroxylation is 2. The lowest BCUT2D eigenvalue weighted by atomic mass is 10.1. The fourth-order valence-corrected chi connectivity index (χ4v) is 2.44. The molecule has 1 amide bonds. The van der Waals surface area contributed by atoms with Gasteiger partial charge in [0.05, 0.1) is 11.8 Å². The fraction of sp³-hybridized carbons (Fsp3) is 0.176. The van der Waals surface area contributed by atoms with Crippen molar-refractivity contribution in [3.63, 3.8) is 0 Å². The van der Waals surface area contributed by atoms with Crippen LogP contribution in [0, 0.1) is 12.7 Å². The first-order chi connectivity index (χ1) is 11.1. The molecular weight excluding hydrogens is 297 g/mol. The van der Waals surface area contributed by atoms with Crippen molar-refractivity contribution in [1.29, 1.82) is 0 Å². The van der Waals surface area contributed by atoms with Gasteiger partial charge in [-0.1, -0.05) is 12.1 Å². The molecule has 2 heterocycles. The monoisotopic (exact) mass is 313 g/mol. The molecule has 0 aliphatic heterocycles. The number of aromatic nitrogens is 2. The minimum absolute atomic E-state index is 0.270. The molecular formula is C17H16FN3O2. The number of imidazole rings is 1. The summed E-state index contributed by atoms with van der Waals surface area (Å²) in [4.78, 5) is 16.8. The van der Waals surface area contributed by atoms with E-state index in [2.05, 4.69) is 10.3 Å². The Morgan fingerprint density at radius 1 is 1.30 bits per heavy atom. The first-order valence-electron chi connectivity index (χ1n) is 7.14. The Bertz CT molecular complexity index is 820. The van der Waals surface area contributed by atoms with E-state index in [1.54, 1.807) is 37.5 Å². The van der Waals surface area contributed by atoms with Gasteiger partial charge in [0, 0.05) is 19.4 Å². The highest BCUT2D eigenvalue weighted by Gasteiger charge is 2.22. The lowest BCUT2D eigenvalue weighted by molar-refractivity contribution is 0.0939. The minimum Gasteiger partial charge on any atom is -0.469 e. The number of rotatable bonds is 4. The van der Waals surface area contributed by atoms with Crippen molar-refractivity contribution < 1.29 is 13.6 Å². The third-order valence-electron chi connectivity index (χ3n) is 3.70. The lowest BCUT2D eigenvalue weighted by Gasteiger charge is -2.19. The van der Waals surface area contributed by atoms with Crippen molar-refractivity contribution in [3.8, 4) is 0 Å². The maximum absolute atomic E-state index is 13.2. The maximum Gasteiger partial charge on any atom is 0.255 e. The summed E-state index contributed by atoms with van der Waals surface area (Å²) in [6, 6.07) is 7.12. The molecule has 0 fully saturated rings. The second-order valence-electron chi connectivity index (χ2n) is 5.24. The molecule has 0 bridgehead atoms. The van der Waals surface area contributed by atoms with Crippen LogP contribution in [-0.2, 0) is 7.05 Å². The molecule has 0 radical (unpaired) electrons. The van der Waals surface area contributed by atoms with Crippen LogP contribution in [0.1, 0.15) is 33.5 Å². The second-order valence-corrected chi connectivity index (χ2v) is 5.24. The quantitative estimate of drug-likeness (QED) is 0.805. The van der Waals surface area contributed by atoms with Gasteiger partial charge in [0.25, 0.3) is 5.91 Å². The summed E-state index contributed by atoms with van der Waals surface area (Å²) in [6.45, 7) is 1.72. The van der Waals surface area contributed by atoms with Gasteiger partial charge in [0.15, 0.2) is 0 Å². The Kier molecular flexibility index (Phi) is 3.97. The van der Waals surface area contributed by atoms with Crippen molar-refractivity contribution in [2.75, 3.05) is 0 Å². The van der Waals surface area contributed by atoms with E-state index in [0.717, 1.165) is 5.56 Å². The highest BCUT2D eigenvalue weighted by Crippen LogP contribution is 2.22. The predicted octanol–water partition coefficient (Wildman–Crippen LogP) is 2.98. The van der Waals surface area contributed by atoms with Gasteiger partial charge in [-0.3, -0.25) is 4.79 Å². The van der Waals surface area contributed by atoms with Crippen LogP contribution in [0.2, 0.25) is 0 Å². The third kappa shape index (κ3) is 3.01. The summed E-state index contributed by atoms with van der Waals surface area (Å²) in [7, 11) is 1.84. The summed E-state index contributed by atoms with van der Waals surface area (Å²) in [5.74, 6) is 0.601. The number of halogens is 1. The molecule has 23 heavy (non-hydrogen) atoms. The van der Waals surface area contributed by atoms with Gasteiger partial charge < -0.3 is 14.3 Å². The van der Waals surface area contributed by atoms with E-state index in [0.29, 0.717) is 17.1 Å². The molecule has 0 saturated carbocycles. The number of carbonyl (C=O) groups is 1. The van der Waals surface area contributed by atoms with Gasteiger partial charge in [-0.15, -0.1) is 0 Å². The van der Waals surface area contributed by atoms with E-state index in [1.807, 2.05) is 11.6 Å². The van der Waals surface area contributed by atoms with Crippen molar-refractivity contribution in [3.05, 3.63) is 77.5 Å². The molecule has 1 N–H and O–H groups in total. The smallest absolute Gasteiger partial charge is 0.255 e. The Labute approximate surface area is 132 Å². The highest BCUT2D eigenvalue weighted by molar-refractivity contribution is 5.95. The molecule has 0 aliphatic rings. The summed E-state index contributed by atoms with van der Waals surface area (Å²) in [6.07, 6.45) is 4.92. The summed E-state index contributed by atoms with van der Waals surface area (Å²) in [5, 5.41) is 2.93. The van der Waals surface area contributed by atoms with Crippen LogP contribution in [0.3, 0.4) is 0 Å². The number of hydrogen-bond donors (Lipinski definition) is 1. The number of furan rings is 1. The number of carbonyl (C=O) groups excluding carboxylic acids is 1. The topological polar surface area (TPSA) is 60.1 Å². The molecule has 6 heteroatoms. The number of nitrogens with one attached hydrogen (secondary N) is 1. The van der Waals surface area contributed by atoms with E-state index >= 15 is 0 Å². The van der Waals surface area contributed by atoms with Gasteiger partial charge in [-0.05, 0) is 30.7 Å². The summed E-state index contributed by atoms with van der Waals surface area (Å²) < 4.78 is 20.2. The first-order valence-corrected chi connectivity index (χ1v) is 7.14. The molecule has 1 atom stereocenters. The largest absolute Gasteiger partial charge is 0.469 e. The molecule has 0 saturated heterocycles. The van der Waals surface area contributed by atoms with Gasteiger partial charge in [-0.2, -0.15) is 0 Å². The molecule has 0 spiro atoms. The summed E-state index contributed by atoms with van der Waals surface area (Å²) >= 11 is 0. The van der Waals surface area contributed by atoms with E-state index < -0.39 is 6.04 Å². The van der Waals surface area contributed by atoms with E-state index in [9.17, 15) is 9.18 Å². The van der Waals surface area contributed by atoms with E-state index in [4.69, 9.17) is 4.42 Å². The highest BCUT2D eigenvalue weighted by atomic mass is 19.1. The lowest BCUT2D eigenvalue weighted by Crippen LogP contribution is -2.31. The second kappa shape index (κ2) is 6.08. The van der Waals surface area contributed by atoms with Crippen LogP contribution >= 0.6 is 0 Å². The van der Waals surface area contributed by atoms with Crippen molar-refractivity contribution >= 4 is 5.91 Å². The fourth-order valence-electron chi connectivity index (χ4n) is 2.44. The Morgan fingerprint density at radius 3 is 2.61 bits per heavy atom. The molecule has 0 aliphatic carbocycles. The standard InChI is InChI=1S/C17H16FN3O2/c1-11-14(7-10-23-11)17(22)20-15(16-19-8-9-21(16)2)12-3-5-13(18)6-4-12/h3-10,15H,1-2H3,(H,20,22). The molecule has 2 aromatic heterocycles. The van der Waals surface area contributed by atoms with Crippen molar-refractivity contribution in [1.82, 2.24) is 14.9 Å². The summed E-state index contributed by atoms with van der Waals surface area (Å²) in [5.41, 5.74) is 1.21. The molecule has 3 rings (SSSR count). The first kappa shape index (κ1) is 15.0. The van der Waals surface area contributed by atoms with E-state index in [1.165, 1.54) is 18.4 Å². The van der Waals surface area contributed by atoms with Crippen LogP contribution in [0.25, 0.3) is 0 Å². The number of nitrogens with zero attached hydrogens (tertiary/aromatic N) is 2. The zero-order valence-corrected chi connectivity index (χ0v) is 12.8. The molecule has 5 nitrogen and oxygen atoms in total. The molecule has 1 aromatic carbocycles. The van der Waals surface area contributed by atoms with Gasteiger partial charge in [-0.25, -0.2) is 9.37 Å². The number of hydrogen-bond acceptors (Lipinski definition) is 3. The predicted molar refractivity (Wildman–Crippen MR) is 82.4 cm³/mol. The van der Waals surface area contributed by atoms with Crippen molar-refractivity contribution in [2.45, 2.75) is 13.0 Å². The number of benzene rings is 1. The van der Waals surface area contributed by atoms with Crippen LogP contribution in [0.15, 0.2) is 53.4 Å². The van der Waals surface area contributed by atoms with Crippen LogP contribution in [-0.4, -0.2) is 15.5 Å². The van der Waals surface area contributed by atoms with Gasteiger partial charge in [0.1, 0.15) is 23.4 Å². The SMILES string of the molecule is Cc1occc1C(=O)NC(c1ccc(F)cc1)c1nccn1C. The van der Waals surface area contributed by atoms with Crippen LogP contribution in [0.4, 0.5) is 4.39 Å². The average molecular weight is 313 g/mol. The molecule has 1 unspecified atom stereocenters. The Hall–Kier alpha value is -2.89. The Morgan fingerprint density at radius 2 is 2.04 bits per heavy atom. The van der Waals surface area contributed by atoms with E-state index in [-0.39, 0.29) is 11.7 Å². The number of amides is 1. The van der Waals surface area contributed by atoms with Crippen LogP contribution in [0.5, 0.6) is 0 Å². The zero-order valence-electron chi connectivity index (χ0n) is 12.8. The normalized spacial score (nSPS) is 12.1. The maximum atomic E-state index is 13.2. The average Bonchev–Trinajstić information content (AvgIpc) is 3.14. The van der Waals surface area contributed by atoms with Crippen LogP contribution < -0.4 is 5.32 Å². The van der Waals surface area contributed by atoms with Gasteiger partial charge in [0.2, 0.25) is 0 Å². The molecule has 3 aromatic rings. The van der Waals surface area contributed by atoms with Crippen molar-refractivity contribution in [2.24, 2.45) is 7.05 Å².